The maximum Gasteiger partial charge on any atom is 0.245 e. The van der Waals surface area contributed by atoms with Crippen LogP contribution in [0.25, 0.3) is 16.9 Å². The molecule has 0 aliphatic carbocycles. The smallest absolute Gasteiger partial charge is 0.245 e. The third-order valence-corrected chi connectivity index (χ3v) is 6.34. The number of nitrogens with zero attached hydrogens (tertiary/aromatic N) is 5. The fourth-order valence-corrected chi connectivity index (χ4v) is 4.72. The summed E-state index contributed by atoms with van der Waals surface area (Å²) in [5.74, 6) is 6.70. The summed E-state index contributed by atoms with van der Waals surface area (Å²) < 4.78 is 7.65. The van der Waals surface area contributed by atoms with E-state index in [1.807, 2.05) is 42.7 Å². The zero-order valence-electron chi connectivity index (χ0n) is 18.1. The van der Waals surface area contributed by atoms with E-state index >= 15 is 0 Å². The third-order valence-electron chi connectivity index (χ3n) is 6.34. The SMILES string of the molecule is NN1C(=O)Cc2cc(-c3c(Cc4ccccc4)nc4c(N5CCOCC5)nccn34)ccc21. The van der Waals surface area contributed by atoms with E-state index in [1.54, 1.807) is 0 Å². The molecule has 1 amide bonds. The highest BCUT2D eigenvalue weighted by Crippen LogP contribution is 2.35. The largest absolute Gasteiger partial charge is 0.378 e. The molecule has 0 spiro atoms. The molecule has 1 fully saturated rings. The fraction of sp³-hybridized carbons (Fsp3) is 0.240. The monoisotopic (exact) mass is 440 g/mol. The summed E-state index contributed by atoms with van der Waals surface area (Å²) in [5, 5.41) is 1.24. The number of amides is 1. The van der Waals surface area contributed by atoms with Crippen LogP contribution in [-0.2, 0) is 22.4 Å². The van der Waals surface area contributed by atoms with Crippen molar-refractivity contribution in [3.63, 3.8) is 0 Å². The lowest BCUT2D eigenvalue weighted by molar-refractivity contribution is -0.117. The maximum atomic E-state index is 12.1. The first kappa shape index (κ1) is 19.9. The molecule has 2 N–H and O–H groups in total. The van der Waals surface area contributed by atoms with E-state index in [2.05, 4.69) is 32.5 Å². The second kappa shape index (κ2) is 7.99. The first-order chi connectivity index (χ1) is 16.2. The fourth-order valence-electron chi connectivity index (χ4n) is 4.72. The molecule has 1 saturated heterocycles. The first-order valence-electron chi connectivity index (χ1n) is 11.1. The van der Waals surface area contributed by atoms with Gasteiger partial charge in [-0.3, -0.25) is 9.20 Å². The normalized spacial score (nSPS) is 16.0. The molecule has 2 aliphatic heterocycles. The number of morpholine rings is 1. The number of hydrogen-bond acceptors (Lipinski definition) is 6. The quantitative estimate of drug-likeness (QED) is 0.388. The van der Waals surface area contributed by atoms with Gasteiger partial charge in [-0.25, -0.2) is 20.8 Å². The van der Waals surface area contributed by atoms with Crippen LogP contribution >= 0.6 is 0 Å². The minimum Gasteiger partial charge on any atom is -0.378 e. The summed E-state index contributed by atoms with van der Waals surface area (Å²) in [6, 6.07) is 16.3. The van der Waals surface area contributed by atoms with Gasteiger partial charge < -0.3 is 9.64 Å². The van der Waals surface area contributed by atoms with Gasteiger partial charge in [0.1, 0.15) is 0 Å². The molecule has 2 aliphatic rings. The minimum atomic E-state index is -0.0939. The molecule has 6 rings (SSSR count). The highest BCUT2D eigenvalue weighted by Gasteiger charge is 2.27. The minimum absolute atomic E-state index is 0.0939. The predicted molar refractivity (Wildman–Crippen MR) is 126 cm³/mol. The summed E-state index contributed by atoms with van der Waals surface area (Å²) >= 11 is 0. The Balaban J connectivity index is 1.53. The van der Waals surface area contributed by atoms with Gasteiger partial charge in [0.15, 0.2) is 11.5 Å². The molecule has 2 aromatic heterocycles. The van der Waals surface area contributed by atoms with Gasteiger partial charge in [-0.15, -0.1) is 0 Å². The summed E-state index contributed by atoms with van der Waals surface area (Å²) in [6.45, 7) is 2.94. The molecular formula is C25H24N6O2. The van der Waals surface area contributed by atoms with Crippen molar-refractivity contribution in [1.29, 1.82) is 0 Å². The Hall–Kier alpha value is -3.75. The lowest BCUT2D eigenvalue weighted by Crippen LogP contribution is -2.37. The van der Waals surface area contributed by atoms with Crippen LogP contribution in [0.2, 0.25) is 0 Å². The van der Waals surface area contributed by atoms with Crippen molar-refractivity contribution in [2.24, 2.45) is 5.84 Å². The summed E-state index contributed by atoms with van der Waals surface area (Å²) in [5.41, 5.74) is 6.70. The van der Waals surface area contributed by atoms with E-state index < -0.39 is 0 Å². The molecule has 0 radical (unpaired) electrons. The summed E-state index contributed by atoms with van der Waals surface area (Å²) in [4.78, 5) is 24.1. The molecular weight excluding hydrogens is 416 g/mol. The number of imidazole rings is 1. The van der Waals surface area contributed by atoms with E-state index in [0.29, 0.717) is 26.1 Å². The number of anilines is 2. The third kappa shape index (κ3) is 3.44. The van der Waals surface area contributed by atoms with Crippen LogP contribution in [0.4, 0.5) is 11.5 Å². The van der Waals surface area contributed by atoms with E-state index in [4.69, 9.17) is 15.6 Å². The number of rotatable bonds is 4. The van der Waals surface area contributed by atoms with Gasteiger partial charge in [0.25, 0.3) is 0 Å². The Kier molecular flexibility index (Phi) is 4.82. The van der Waals surface area contributed by atoms with Crippen LogP contribution in [0.5, 0.6) is 0 Å². The molecule has 0 saturated carbocycles. The Morgan fingerprint density at radius 3 is 2.70 bits per heavy atom. The number of carbonyl (C=O) groups is 1. The number of hydrazine groups is 1. The topological polar surface area (TPSA) is 89.0 Å². The predicted octanol–water partition coefficient (Wildman–Crippen LogP) is 2.59. The van der Waals surface area contributed by atoms with Gasteiger partial charge in [-0.1, -0.05) is 36.4 Å². The number of fused-ring (bicyclic) bond motifs is 2. The molecule has 8 nitrogen and oxygen atoms in total. The summed E-state index contributed by atoms with van der Waals surface area (Å²) in [7, 11) is 0. The Bertz CT molecular complexity index is 1340. The molecule has 2 aromatic carbocycles. The van der Waals surface area contributed by atoms with Crippen LogP contribution in [0.3, 0.4) is 0 Å². The van der Waals surface area contributed by atoms with Gasteiger partial charge >= 0.3 is 0 Å². The Labute approximate surface area is 191 Å². The molecule has 4 heterocycles. The van der Waals surface area contributed by atoms with E-state index in [-0.39, 0.29) is 5.91 Å². The average molecular weight is 441 g/mol. The second-order valence-corrected chi connectivity index (χ2v) is 8.40. The average Bonchev–Trinajstić information content (AvgIpc) is 3.36. The van der Waals surface area contributed by atoms with Gasteiger partial charge in [0.05, 0.1) is 36.7 Å². The van der Waals surface area contributed by atoms with Crippen LogP contribution in [0.15, 0.2) is 60.9 Å². The van der Waals surface area contributed by atoms with Crippen molar-refractivity contribution in [2.45, 2.75) is 12.8 Å². The van der Waals surface area contributed by atoms with Gasteiger partial charge in [0.2, 0.25) is 5.91 Å². The number of aromatic nitrogens is 3. The summed E-state index contributed by atoms with van der Waals surface area (Å²) in [6.07, 6.45) is 4.79. The van der Waals surface area contributed by atoms with E-state index in [1.165, 1.54) is 10.6 Å². The molecule has 0 unspecified atom stereocenters. The highest BCUT2D eigenvalue weighted by molar-refractivity contribution is 6.01. The molecule has 0 bridgehead atoms. The van der Waals surface area contributed by atoms with Crippen LogP contribution in [-0.4, -0.2) is 46.6 Å². The van der Waals surface area contributed by atoms with Gasteiger partial charge in [0, 0.05) is 37.5 Å². The molecule has 33 heavy (non-hydrogen) atoms. The van der Waals surface area contributed by atoms with Gasteiger partial charge in [-0.2, -0.15) is 0 Å². The van der Waals surface area contributed by atoms with Crippen LogP contribution in [0.1, 0.15) is 16.8 Å². The van der Waals surface area contributed by atoms with Crippen molar-refractivity contribution < 1.29 is 9.53 Å². The second-order valence-electron chi connectivity index (χ2n) is 8.40. The molecule has 0 atom stereocenters. The number of carbonyl (C=O) groups excluding carboxylic acids is 1. The molecule has 8 heteroatoms. The lowest BCUT2D eigenvalue weighted by atomic mass is 10.0. The maximum absolute atomic E-state index is 12.1. The van der Waals surface area contributed by atoms with Crippen molar-refractivity contribution in [1.82, 2.24) is 14.4 Å². The first-order valence-corrected chi connectivity index (χ1v) is 11.1. The molecule has 4 aromatic rings. The van der Waals surface area contributed by atoms with Crippen LogP contribution < -0.4 is 15.8 Å². The van der Waals surface area contributed by atoms with Crippen molar-refractivity contribution >= 4 is 23.1 Å². The van der Waals surface area contributed by atoms with Crippen molar-refractivity contribution in [3.05, 3.63) is 77.7 Å². The number of nitrogens with two attached hydrogens (primary N) is 1. The Morgan fingerprint density at radius 2 is 1.88 bits per heavy atom. The van der Waals surface area contributed by atoms with Crippen molar-refractivity contribution in [3.8, 4) is 11.3 Å². The van der Waals surface area contributed by atoms with Crippen molar-refractivity contribution in [2.75, 3.05) is 36.2 Å². The zero-order valence-corrected chi connectivity index (χ0v) is 18.1. The zero-order chi connectivity index (χ0) is 22.4. The highest BCUT2D eigenvalue weighted by atomic mass is 16.5. The van der Waals surface area contributed by atoms with Gasteiger partial charge in [-0.05, 0) is 23.3 Å². The number of hydrogen-bond donors (Lipinski definition) is 1. The lowest BCUT2D eigenvalue weighted by Gasteiger charge is -2.27. The van der Waals surface area contributed by atoms with Crippen LogP contribution in [0, 0.1) is 0 Å². The Morgan fingerprint density at radius 1 is 1.06 bits per heavy atom. The standard InChI is InChI=1S/C25H24N6O2/c26-31-21-7-6-18(15-19(21)16-22(31)32)23-20(14-17-4-2-1-3-5-17)28-25-24(27-8-9-30(23)25)29-10-12-33-13-11-29/h1-9,15H,10-14,16,26H2. The van der Waals surface area contributed by atoms with E-state index in [9.17, 15) is 4.79 Å². The molecule has 166 valence electrons. The number of benzene rings is 2. The van der Waals surface area contributed by atoms with E-state index in [0.717, 1.165) is 52.8 Å². The number of ether oxygens (including phenoxy) is 1.